The van der Waals surface area contributed by atoms with Crippen LogP contribution in [0.3, 0.4) is 0 Å². The van der Waals surface area contributed by atoms with Crippen LogP contribution in [0.1, 0.15) is 24.2 Å². The molecule has 0 aliphatic carbocycles. The third kappa shape index (κ3) is 3.27. The number of hydrogen-bond acceptors (Lipinski definition) is 4. The lowest BCUT2D eigenvalue weighted by molar-refractivity contribution is -0.118. The number of rotatable bonds is 4. The molecule has 1 heterocycles. The number of anilines is 1. The van der Waals surface area contributed by atoms with Crippen LogP contribution in [0.2, 0.25) is 0 Å². The van der Waals surface area contributed by atoms with Crippen molar-refractivity contribution in [3.8, 4) is 5.75 Å². The molecule has 0 saturated heterocycles. The fourth-order valence-corrected chi connectivity index (χ4v) is 1.75. The number of aliphatic hydroxyl groups excluding tert-OH is 1. The highest BCUT2D eigenvalue weighted by atomic mass is 16.5. The van der Waals surface area contributed by atoms with Crippen molar-refractivity contribution in [1.29, 1.82) is 0 Å². The third-order valence-corrected chi connectivity index (χ3v) is 3.12. The summed E-state index contributed by atoms with van der Waals surface area (Å²) < 4.78 is 5.25. The second-order valence-electron chi connectivity index (χ2n) is 5.07. The average molecular weight is 278 g/mol. The van der Waals surface area contributed by atoms with E-state index in [1.807, 2.05) is 13.8 Å². The first kappa shape index (κ1) is 14.3. The van der Waals surface area contributed by atoms with Gasteiger partial charge in [-0.3, -0.25) is 9.59 Å². The number of carbonyl (C=O) groups excluding carboxylic acids is 2. The zero-order chi connectivity index (χ0) is 14.7. The predicted octanol–water partition coefficient (Wildman–Crippen LogP) is 0.764. The second-order valence-corrected chi connectivity index (χ2v) is 5.07. The minimum atomic E-state index is -0.577. The Labute approximate surface area is 117 Å². The van der Waals surface area contributed by atoms with Crippen molar-refractivity contribution >= 4 is 17.5 Å². The molecule has 6 nitrogen and oxygen atoms in total. The highest BCUT2D eigenvalue weighted by Gasteiger charge is 2.18. The Balaban J connectivity index is 2.02. The van der Waals surface area contributed by atoms with Crippen LogP contribution in [0, 0.1) is 5.92 Å². The maximum atomic E-state index is 12.0. The summed E-state index contributed by atoms with van der Waals surface area (Å²) in [5.74, 6) is 0.0572. The molecule has 0 bridgehead atoms. The molecule has 3 N–H and O–H groups in total. The quantitative estimate of drug-likeness (QED) is 0.759. The lowest BCUT2D eigenvalue weighted by Gasteiger charge is -2.19. The van der Waals surface area contributed by atoms with Crippen molar-refractivity contribution in [1.82, 2.24) is 5.32 Å². The summed E-state index contributed by atoms with van der Waals surface area (Å²) in [5.41, 5.74) is 0.982. The number of hydrogen-bond donors (Lipinski definition) is 3. The number of amides is 2. The van der Waals surface area contributed by atoms with Crippen molar-refractivity contribution < 1.29 is 19.4 Å². The molecule has 2 amide bonds. The molecule has 6 heteroatoms. The zero-order valence-corrected chi connectivity index (χ0v) is 11.5. The first-order chi connectivity index (χ1) is 9.47. The first-order valence-corrected chi connectivity index (χ1v) is 6.50. The maximum Gasteiger partial charge on any atom is 0.262 e. The number of benzene rings is 1. The van der Waals surface area contributed by atoms with E-state index in [-0.39, 0.29) is 30.9 Å². The van der Waals surface area contributed by atoms with Crippen LogP contribution in [0.4, 0.5) is 5.69 Å². The van der Waals surface area contributed by atoms with Crippen molar-refractivity contribution in [2.45, 2.75) is 20.0 Å². The van der Waals surface area contributed by atoms with E-state index in [4.69, 9.17) is 4.74 Å². The molecule has 20 heavy (non-hydrogen) atoms. The van der Waals surface area contributed by atoms with Gasteiger partial charge in [0.05, 0.1) is 11.8 Å². The Kier molecular flexibility index (Phi) is 4.24. The number of aliphatic hydroxyl groups is 1. The van der Waals surface area contributed by atoms with Crippen molar-refractivity contribution in [3.05, 3.63) is 23.8 Å². The maximum absolute atomic E-state index is 12.0. The normalized spacial score (nSPS) is 15.1. The largest absolute Gasteiger partial charge is 0.482 e. The predicted molar refractivity (Wildman–Crippen MR) is 73.7 cm³/mol. The highest BCUT2D eigenvalue weighted by molar-refractivity contribution is 5.98. The molecule has 0 spiro atoms. The standard InChI is InChI=1S/C14H18N2O4/c1-8(2)11(17)6-15-14(19)9-3-4-10-12(5-9)20-7-13(18)16-10/h3-5,8,11,17H,6-7H2,1-2H3,(H,15,19)(H,16,18). The van der Waals surface area contributed by atoms with Gasteiger partial charge < -0.3 is 20.5 Å². The minimum Gasteiger partial charge on any atom is -0.482 e. The van der Waals surface area contributed by atoms with Crippen LogP contribution in [-0.2, 0) is 4.79 Å². The van der Waals surface area contributed by atoms with Gasteiger partial charge in [0, 0.05) is 12.1 Å². The third-order valence-electron chi connectivity index (χ3n) is 3.12. The van der Waals surface area contributed by atoms with Gasteiger partial charge in [0.25, 0.3) is 11.8 Å². The van der Waals surface area contributed by atoms with Crippen LogP contribution in [0.15, 0.2) is 18.2 Å². The van der Waals surface area contributed by atoms with Gasteiger partial charge in [0.1, 0.15) is 5.75 Å². The average Bonchev–Trinajstić information content (AvgIpc) is 2.43. The molecule has 2 rings (SSSR count). The van der Waals surface area contributed by atoms with E-state index in [9.17, 15) is 14.7 Å². The van der Waals surface area contributed by atoms with Gasteiger partial charge in [0.15, 0.2) is 6.61 Å². The summed E-state index contributed by atoms with van der Waals surface area (Å²) in [6.45, 7) is 3.91. The summed E-state index contributed by atoms with van der Waals surface area (Å²) in [6.07, 6.45) is -0.577. The summed E-state index contributed by atoms with van der Waals surface area (Å²) in [4.78, 5) is 23.1. The first-order valence-electron chi connectivity index (χ1n) is 6.50. The Morgan fingerprint density at radius 1 is 1.50 bits per heavy atom. The van der Waals surface area contributed by atoms with Gasteiger partial charge in [0.2, 0.25) is 0 Å². The van der Waals surface area contributed by atoms with Gasteiger partial charge in [-0.1, -0.05) is 13.8 Å². The van der Waals surface area contributed by atoms with Gasteiger partial charge in [-0.25, -0.2) is 0 Å². The fraction of sp³-hybridized carbons (Fsp3) is 0.429. The lowest BCUT2D eigenvalue weighted by atomic mass is 10.1. The van der Waals surface area contributed by atoms with Crippen LogP contribution < -0.4 is 15.4 Å². The Hall–Kier alpha value is -2.08. The lowest BCUT2D eigenvalue weighted by Crippen LogP contribution is -2.34. The molecular weight excluding hydrogens is 260 g/mol. The summed E-state index contributed by atoms with van der Waals surface area (Å²) >= 11 is 0. The summed E-state index contributed by atoms with van der Waals surface area (Å²) in [5, 5.41) is 15.0. The van der Waals surface area contributed by atoms with Crippen LogP contribution in [0.5, 0.6) is 5.75 Å². The molecule has 1 aliphatic rings. The molecular formula is C14H18N2O4. The molecule has 1 atom stereocenters. The molecule has 108 valence electrons. The molecule has 1 aromatic carbocycles. The van der Waals surface area contributed by atoms with Crippen molar-refractivity contribution in [2.75, 3.05) is 18.5 Å². The molecule has 0 radical (unpaired) electrons. The second kappa shape index (κ2) is 5.92. The van der Waals surface area contributed by atoms with Gasteiger partial charge in [-0.05, 0) is 24.1 Å². The Morgan fingerprint density at radius 2 is 2.25 bits per heavy atom. The van der Waals surface area contributed by atoms with Gasteiger partial charge >= 0.3 is 0 Å². The van der Waals surface area contributed by atoms with Gasteiger partial charge in [-0.2, -0.15) is 0 Å². The molecule has 1 unspecified atom stereocenters. The highest BCUT2D eigenvalue weighted by Crippen LogP contribution is 2.28. The summed E-state index contributed by atoms with van der Waals surface area (Å²) in [7, 11) is 0. The molecule has 0 fully saturated rings. The van der Waals surface area contributed by atoms with E-state index in [2.05, 4.69) is 10.6 Å². The Morgan fingerprint density at radius 3 is 2.95 bits per heavy atom. The van der Waals surface area contributed by atoms with Gasteiger partial charge in [-0.15, -0.1) is 0 Å². The molecule has 1 aliphatic heterocycles. The number of nitrogens with one attached hydrogen (secondary N) is 2. The number of carbonyl (C=O) groups is 2. The van der Waals surface area contributed by atoms with Crippen LogP contribution in [0.25, 0.3) is 0 Å². The van der Waals surface area contributed by atoms with E-state index < -0.39 is 6.10 Å². The van der Waals surface area contributed by atoms with E-state index in [1.54, 1.807) is 18.2 Å². The monoisotopic (exact) mass is 278 g/mol. The number of ether oxygens (including phenoxy) is 1. The van der Waals surface area contributed by atoms with E-state index in [0.717, 1.165) is 0 Å². The Bertz CT molecular complexity index is 528. The molecule has 1 aromatic rings. The number of fused-ring (bicyclic) bond motifs is 1. The SMILES string of the molecule is CC(C)C(O)CNC(=O)c1ccc2c(c1)OCC(=O)N2. The van der Waals surface area contributed by atoms with Crippen LogP contribution >= 0.6 is 0 Å². The topological polar surface area (TPSA) is 87.7 Å². The summed E-state index contributed by atoms with van der Waals surface area (Å²) in [6, 6.07) is 4.80. The zero-order valence-electron chi connectivity index (χ0n) is 11.5. The van der Waals surface area contributed by atoms with Crippen LogP contribution in [-0.4, -0.2) is 36.2 Å². The minimum absolute atomic E-state index is 0.0515. The van der Waals surface area contributed by atoms with E-state index >= 15 is 0 Å². The molecule has 0 aromatic heterocycles. The van der Waals surface area contributed by atoms with E-state index in [0.29, 0.717) is 17.0 Å². The molecule has 0 saturated carbocycles. The fourth-order valence-electron chi connectivity index (χ4n) is 1.75. The smallest absolute Gasteiger partial charge is 0.262 e. The van der Waals surface area contributed by atoms with Crippen molar-refractivity contribution in [3.63, 3.8) is 0 Å². The van der Waals surface area contributed by atoms with E-state index in [1.165, 1.54) is 0 Å². The van der Waals surface area contributed by atoms with Crippen molar-refractivity contribution in [2.24, 2.45) is 5.92 Å².